The topological polar surface area (TPSA) is 59.1 Å². The highest BCUT2D eigenvalue weighted by molar-refractivity contribution is 14.1. The number of para-hydroxylation sites is 1. The Labute approximate surface area is 178 Å². The molecule has 0 atom stereocenters. The number of ether oxygens (including phenoxy) is 2. The number of amides is 2. The molecule has 0 unspecified atom stereocenters. The number of nitrogens with zero attached hydrogens (tertiary/aromatic N) is 2. The standard InChI is InChI=1S/C21H23IN2O4/c22-19-9-5-4-8-18(19)21(26)24-12-10-23(11-13-24)20(25)16-27-14-15-28-17-6-2-1-3-7-17/h1-9H,10-16H2. The molecule has 0 N–H and O–H groups in total. The Morgan fingerprint density at radius 2 is 1.50 bits per heavy atom. The monoisotopic (exact) mass is 494 g/mol. The lowest BCUT2D eigenvalue weighted by Gasteiger charge is -2.35. The molecule has 6 nitrogen and oxygen atoms in total. The maximum absolute atomic E-state index is 12.6. The minimum Gasteiger partial charge on any atom is -0.491 e. The van der Waals surface area contributed by atoms with Gasteiger partial charge in [0, 0.05) is 29.7 Å². The van der Waals surface area contributed by atoms with Crippen LogP contribution in [0.5, 0.6) is 5.75 Å². The van der Waals surface area contributed by atoms with Gasteiger partial charge in [0.15, 0.2) is 0 Å². The number of hydrogen-bond acceptors (Lipinski definition) is 4. The van der Waals surface area contributed by atoms with Gasteiger partial charge in [0.05, 0.1) is 12.2 Å². The molecule has 2 aromatic carbocycles. The van der Waals surface area contributed by atoms with Crippen molar-refractivity contribution in [3.05, 3.63) is 63.7 Å². The zero-order valence-corrected chi connectivity index (χ0v) is 17.7. The fraction of sp³-hybridized carbons (Fsp3) is 0.333. The van der Waals surface area contributed by atoms with Crippen LogP contribution in [0.15, 0.2) is 54.6 Å². The van der Waals surface area contributed by atoms with Gasteiger partial charge < -0.3 is 19.3 Å². The van der Waals surface area contributed by atoms with Gasteiger partial charge >= 0.3 is 0 Å². The molecule has 0 bridgehead atoms. The summed E-state index contributed by atoms with van der Waals surface area (Å²) >= 11 is 2.17. The van der Waals surface area contributed by atoms with E-state index in [1.54, 1.807) is 9.80 Å². The van der Waals surface area contributed by atoms with Crippen molar-refractivity contribution in [2.24, 2.45) is 0 Å². The Morgan fingerprint density at radius 3 is 2.21 bits per heavy atom. The lowest BCUT2D eigenvalue weighted by Crippen LogP contribution is -2.51. The third-order valence-electron chi connectivity index (χ3n) is 4.49. The Kier molecular flexibility index (Phi) is 7.67. The van der Waals surface area contributed by atoms with Crippen LogP contribution in [0, 0.1) is 3.57 Å². The molecule has 0 aromatic heterocycles. The summed E-state index contributed by atoms with van der Waals surface area (Å²) < 4.78 is 11.9. The molecule has 3 rings (SSSR count). The second kappa shape index (κ2) is 10.4. The van der Waals surface area contributed by atoms with Crippen molar-refractivity contribution in [1.82, 2.24) is 9.80 Å². The van der Waals surface area contributed by atoms with Crippen LogP contribution in [0.1, 0.15) is 10.4 Å². The summed E-state index contributed by atoms with van der Waals surface area (Å²) in [6, 6.07) is 17.0. The summed E-state index contributed by atoms with van der Waals surface area (Å²) in [7, 11) is 0. The van der Waals surface area contributed by atoms with E-state index >= 15 is 0 Å². The first-order valence-electron chi connectivity index (χ1n) is 9.22. The smallest absolute Gasteiger partial charge is 0.255 e. The molecule has 1 aliphatic rings. The van der Waals surface area contributed by atoms with E-state index in [2.05, 4.69) is 22.6 Å². The number of carbonyl (C=O) groups is 2. The Bertz CT molecular complexity index is 792. The quantitative estimate of drug-likeness (QED) is 0.439. The number of piperazine rings is 1. The molecule has 2 aromatic rings. The summed E-state index contributed by atoms with van der Waals surface area (Å²) in [4.78, 5) is 28.5. The molecule has 7 heteroatoms. The molecule has 0 aliphatic carbocycles. The molecule has 148 valence electrons. The van der Waals surface area contributed by atoms with Crippen molar-refractivity contribution >= 4 is 34.4 Å². The van der Waals surface area contributed by atoms with Gasteiger partial charge in [-0.1, -0.05) is 30.3 Å². The molecular formula is C21H23IN2O4. The Hall–Kier alpha value is -2.13. The van der Waals surface area contributed by atoms with E-state index in [1.807, 2.05) is 54.6 Å². The van der Waals surface area contributed by atoms with Gasteiger partial charge in [0.2, 0.25) is 5.91 Å². The SMILES string of the molecule is O=C(COCCOc1ccccc1)N1CCN(C(=O)c2ccccc2I)CC1. The summed E-state index contributed by atoms with van der Waals surface area (Å²) in [5.74, 6) is 0.749. The van der Waals surface area contributed by atoms with Gasteiger partial charge in [-0.2, -0.15) is 0 Å². The summed E-state index contributed by atoms with van der Waals surface area (Å²) in [6.45, 7) is 2.90. The minimum absolute atomic E-state index is 0.0198. The Morgan fingerprint density at radius 1 is 0.857 bits per heavy atom. The molecule has 2 amide bonds. The fourth-order valence-corrected chi connectivity index (χ4v) is 3.57. The predicted molar refractivity (Wildman–Crippen MR) is 114 cm³/mol. The van der Waals surface area contributed by atoms with Crippen LogP contribution in [-0.2, 0) is 9.53 Å². The molecule has 1 fully saturated rings. The van der Waals surface area contributed by atoms with Gasteiger partial charge in [-0.05, 0) is 46.9 Å². The van der Waals surface area contributed by atoms with Crippen LogP contribution >= 0.6 is 22.6 Å². The Balaban J connectivity index is 1.36. The summed E-state index contributed by atoms with van der Waals surface area (Å²) in [5, 5.41) is 0. The molecule has 1 heterocycles. The maximum Gasteiger partial charge on any atom is 0.255 e. The molecule has 0 radical (unpaired) electrons. The van der Waals surface area contributed by atoms with Crippen LogP contribution in [0.4, 0.5) is 0 Å². The summed E-state index contributed by atoms with van der Waals surface area (Å²) in [5.41, 5.74) is 0.713. The van der Waals surface area contributed by atoms with E-state index in [-0.39, 0.29) is 18.4 Å². The molecule has 28 heavy (non-hydrogen) atoms. The molecular weight excluding hydrogens is 471 g/mol. The first-order chi connectivity index (χ1) is 13.6. The van der Waals surface area contributed by atoms with Crippen LogP contribution < -0.4 is 4.74 Å². The van der Waals surface area contributed by atoms with Gasteiger partial charge in [0.25, 0.3) is 5.91 Å². The normalized spacial score (nSPS) is 14.0. The second-order valence-corrected chi connectivity index (χ2v) is 7.53. The molecule has 1 aliphatic heterocycles. The van der Waals surface area contributed by atoms with Crippen molar-refractivity contribution in [1.29, 1.82) is 0 Å². The third kappa shape index (κ3) is 5.68. The van der Waals surface area contributed by atoms with E-state index < -0.39 is 0 Å². The minimum atomic E-state index is -0.0545. The highest BCUT2D eigenvalue weighted by Crippen LogP contribution is 2.15. The van der Waals surface area contributed by atoms with Crippen molar-refractivity contribution < 1.29 is 19.1 Å². The summed E-state index contributed by atoms with van der Waals surface area (Å²) in [6.07, 6.45) is 0. The number of halogens is 1. The zero-order chi connectivity index (χ0) is 19.8. The van der Waals surface area contributed by atoms with E-state index in [1.165, 1.54) is 0 Å². The number of benzene rings is 2. The van der Waals surface area contributed by atoms with Gasteiger partial charge in [-0.15, -0.1) is 0 Å². The zero-order valence-electron chi connectivity index (χ0n) is 15.6. The average molecular weight is 494 g/mol. The number of rotatable bonds is 7. The van der Waals surface area contributed by atoms with Gasteiger partial charge in [-0.3, -0.25) is 9.59 Å². The molecule has 1 saturated heterocycles. The maximum atomic E-state index is 12.6. The largest absolute Gasteiger partial charge is 0.491 e. The van der Waals surface area contributed by atoms with E-state index in [0.717, 1.165) is 9.32 Å². The van der Waals surface area contributed by atoms with Crippen molar-refractivity contribution in [3.63, 3.8) is 0 Å². The second-order valence-electron chi connectivity index (χ2n) is 6.37. The van der Waals surface area contributed by atoms with Crippen molar-refractivity contribution in [2.45, 2.75) is 0 Å². The first-order valence-corrected chi connectivity index (χ1v) is 10.3. The van der Waals surface area contributed by atoms with Crippen LogP contribution in [-0.4, -0.2) is 67.6 Å². The highest BCUT2D eigenvalue weighted by atomic mass is 127. The lowest BCUT2D eigenvalue weighted by atomic mass is 10.2. The lowest BCUT2D eigenvalue weighted by molar-refractivity contribution is -0.137. The predicted octanol–water partition coefficient (Wildman–Crippen LogP) is 2.67. The fourth-order valence-electron chi connectivity index (χ4n) is 2.95. The molecule has 0 spiro atoms. The highest BCUT2D eigenvalue weighted by Gasteiger charge is 2.25. The van der Waals surface area contributed by atoms with E-state index in [4.69, 9.17) is 9.47 Å². The number of hydrogen-bond donors (Lipinski definition) is 0. The van der Waals surface area contributed by atoms with Gasteiger partial charge in [0.1, 0.15) is 19.0 Å². The average Bonchev–Trinajstić information content (AvgIpc) is 2.74. The van der Waals surface area contributed by atoms with E-state index in [0.29, 0.717) is 45.0 Å². The van der Waals surface area contributed by atoms with E-state index in [9.17, 15) is 9.59 Å². The van der Waals surface area contributed by atoms with Crippen molar-refractivity contribution in [2.75, 3.05) is 46.0 Å². The number of carbonyl (C=O) groups excluding carboxylic acids is 2. The first kappa shape index (κ1) is 20.6. The van der Waals surface area contributed by atoms with Gasteiger partial charge in [-0.25, -0.2) is 0 Å². The van der Waals surface area contributed by atoms with Crippen molar-refractivity contribution in [3.8, 4) is 5.75 Å². The third-order valence-corrected chi connectivity index (χ3v) is 5.43. The van der Waals surface area contributed by atoms with Crippen LogP contribution in [0.3, 0.4) is 0 Å². The van der Waals surface area contributed by atoms with Crippen LogP contribution in [0.25, 0.3) is 0 Å². The van der Waals surface area contributed by atoms with Crippen LogP contribution in [0.2, 0.25) is 0 Å². The molecule has 0 saturated carbocycles.